The number of hydrogen-bond acceptors (Lipinski definition) is 2. The average molecular weight is 295 g/mol. The summed E-state index contributed by atoms with van der Waals surface area (Å²) in [6, 6.07) is 17.9. The Morgan fingerprint density at radius 1 is 1.09 bits per heavy atom. The van der Waals surface area contributed by atoms with Gasteiger partial charge in [0.05, 0.1) is 0 Å². The molecule has 2 aromatic carbocycles. The summed E-state index contributed by atoms with van der Waals surface area (Å²) in [6.45, 7) is 3.44. The van der Waals surface area contributed by atoms with E-state index in [1.54, 1.807) is 0 Å². The summed E-state index contributed by atoms with van der Waals surface area (Å²) in [4.78, 5) is 14.7. The van der Waals surface area contributed by atoms with Crippen molar-refractivity contribution < 1.29 is 9.53 Å². The molecule has 0 unspecified atom stereocenters. The normalized spacial score (nSPS) is 15.0. The van der Waals surface area contributed by atoms with E-state index in [4.69, 9.17) is 4.74 Å². The third-order valence-corrected chi connectivity index (χ3v) is 4.11. The van der Waals surface area contributed by atoms with Gasteiger partial charge in [-0.1, -0.05) is 49.4 Å². The fraction of sp³-hybridized carbons (Fsp3) is 0.316. The molecule has 0 saturated heterocycles. The summed E-state index contributed by atoms with van der Waals surface area (Å²) in [5.74, 6) is 0.834. The molecule has 1 heterocycles. The number of nitrogens with zero attached hydrogens (tertiary/aromatic N) is 1. The van der Waals surface area contributed by atoms with Gasteiger partial charge < -0.3 is 9.64 Å². The van der Waals surface area contributed by atoms with E-state index in [9.17, 15) is 4.79 Å². The van der Waals surface area contributed by atoms with Crippen LogP contribution in [-0.2, 0) is 17.8 Å². The number of benzene rings is 2. The largest absolute Gasteiger partial charge is 0.481 e. The Balaban J connectivity index is 1.70. The standard InChI is InChI=1S/C19H21NO2/c1-2-18(22-17-10-4-3-5-11-17)19(21)20-13-12-15-8-6-7-9-16(15)14-20/h3-11,18H,2,12-14H2,1H3/t18-/m1/s1. The van der Waals surface area contributed by atoms with Crippen LogP contribution in [0.1, 0.15) is 24.5 Å². The summed E-state index contributed by atoms with van der Waals surface area (Å²) < 4.78 is 5.88. The Kier molecular flexibility index (Phi) is 4.42. The first-order valence-electron chi connectivity index (χ1n) is 7.85. The van der Waals surface area contributed by atoms with Crippen LogP contribution in [-0.4, -0.2) is 23.5 Å². The highest BCUT2D eigenvalue weighted by atomic mass is 16.5. The maximum absolute atomic E-state index is 12.7. The third-order valence-electron chi connectivity index (χ3n) is 4.11. The molecule has 0 fully saturated rings. The zero-order chi connectivity index (χ0) is 15.4. The van der Waals surface area contributed by atoms with Crippen LogP contribution in [0.4, 0.5) is 0 Å². The van der Waals surface area contributed by atoms with E-state index in [2.05, 4.69) is 18.2 Å². The van der Waals surface area contributed by atoms with Gasteiger partial charge >= 0.3 is 0 Å². The molecule has 1 atom stereocenters. The minimum atomic E-state index is -0.410. The van der Waals surface area contributed by atoms with Gasteiger partial charge in [-0.3, -0.25) is 4.79 Å². The van der Waals surface area contributed by atoms with E-state index in [1.807, 2.05) is 48.2 Å². The van der Waals surface area contributed by atoms with Gasteiger partial charge in [0.2, 0.25) is 0 Å². The van der Waals surface area contributed by atoms with Crippen LogP contribution in [0, 0.1) is 0 Å². The fourth-order valence-corrected chi connectivity index (χ4v) is 2.86. The fourth-order valence-electron chi connectivity index (χ4n) is 2.86. The molecule has 1 aliphatic rings. The molecule has 0 aromatic heterocycles. The smallest absolute Gasteiger partial charge is 0.263 e. The molecule has 0 bridgehead atoms. The molecule has 3 nitrogen and oxygen atoms in total. The molecule has 3 heteroatoms. The molecule has 0 N–H and O–H groups in total. The Morgan fingerprint density at radius 2 is 1.77 bits per heavy atom. The molecule has 22 heavy (non-hydrogen) atoms. The number of ether oxygens (including phenoxy) is 1. The molecule has 0 radical (unpaired) electrons. The van der Waals surface area contributed by atoms with Crippen molar-refractivity contribution in [2.45, 2.75) is 32.4 Å². The molecule has 114 valence electrons. The predicted molar refractivity (Wildman–Crippen MR) is 86.7 cm³/mol. The van der Waals surface area contributed by atoms with E-state index in [0.717, 1.165) is 18.7 Å². The molecule has 3 rings (SSSR count). The van der Waals surface area contributed by atoms with Gasteiger partial charge in [-0.2, -0.15) is 0 Å². The van der Waals surface area contributed by atoms with E-state index in [-0.39, 0.29) is 5.91 Å². The lowest BCUT2D eigenvalue weighted by atomic mass is 9.99. The number of carbonyl (C=O) groups excluding carboxylic acids is 1. The second-order valence-electron chi connectivity index (χ2n) is 5.61. The summed E-state index contributed by atoms with van der Waals surface area (Å²) >= 11 is 0. The number of fused-ring (bicyclic) bond motifs is 1. The first-order chi connectivity index (χ1) is 10.8. The van der Waals surface area contributed by atoms with Crippen LogP contribution >= 0.6 is 0 Å². The highest BCUT2D eigenvalue weighted by molar-refractivity contribution is 5.81. The van der Waals surface area contributed by atoms with Crippen molar-refractivity contribution in [2.75, 3.05) is 6.54 Å². The zero-order valence-electron chi connectivity index (χ0n) is 12.9. The molecule has 2 aromatic rings. The topological polar surface area (TPSA) is 29.5 Å². The van der Waals surface area contributed by atoms with Gasteiger partial charge in [-0.15, -0.1) is 0 Å². The highest BCUT2D eigenvalue weighted by Gasteiger charge is 2.27. The van der Waals surface area contributed by atoms with Crippen molar-refractivity contribution in [3.63, 3.8) is 0 Å². The lowest BCUT2D eigenvalue weighted by Crippen LogP contribution is -2.44. The van der Waals surface area contributed by atoms with E-state index in [1.165, 1.54) is 11.1 Å². The molecule has 0 spiro atoms. The number of hydrogen-bond donors (Lipinski definition) is 0. The predicted octanol–water partition coefficient (Wildman–Crippen LogP) is 3.43. The van der Waals surface area contributed by atoms with Crippen LogP contribution in [0.5, 0.6) is 5.75 Å². The average Bonchev–Trinajstić information content (AvgIpc) is 2.59. The molecule has 0 aliphatic carbocycles. The number of para-hydroxylation sites is 1. The van der Waals surface area contributed by atoms with Crippen molar-refractivity contribution in [3.05, 3.63) is 65.7 Å². The Morgan fingerprint density at radius 3 is 2.50 bits per heavy atom. The maximum atomic E-state index is 12.7. The zero-order valence-corrected chi connectivity index (χ0v) is 12.9. The summed E-state index contributed by atoms with van der Waals surface area (Å²) in [6.07, 6.45) is 1.18. The molecule has 1 amide bonds. The molecular formula is C19H21NO2. The van der Waals surface area contributed by atoms with E-state index < -0.39 is 6.10 Å². The van der Waals surface area contributed by atoms with Crippen LogP contribution in [0.2, 0.25) is 0 Å². The van der Waals surface area contributed by atoms with Crippen LogP contribution in [0.3, 0.4) is 0 Å². The monoisotopic (exact) mass is 295 g/mol. The van der Waals surface area contributed by atoms with Crippen LogP contribution in [0.15, 0.2) is 54.6 Å². The highest BCUT2D eigenvalue weighted by Crippen LogP contribution is 2.21. The number of rotatable bonds is 4. The first kappa shape index (κ1) is 14.6. The number of amides is 1. The lowest BCUT2D eigenvalue weighted by Gasteiger charge is -2.31. The third kappa shape index (κ3) is 3.14. The quantitative estimate of drug-likeness (QED) is 0.865. The minimum absolute atomic E-state index is 0.0841. The van der Waals surface area contributed by atoms with E-state index >= 15 is 0 Å². The Hall–Kier alpha value is -2.29. The number of carbonyl (C=O) groups is 1. The van der Waals surface area contributed by atoms with Gasteiger partial charge in [-0.05, 0) is 36.1 Å². The van der Waals surface area contributed by atoms with Crippen molar-refractivity contribution >= 4 is 5.91 Å². The maximum Gasteiger partial charge on any atom is 0.263 e. The minimum Gasteiger partial charge on any atom is -0.481 e. The SMILES string of the molecule is CC[C@@H](Oc1ccccc1)C(=O)N1CCc2ccccc2C1. The second kappa shape index (κ2) is 6.65. The first-order valence-corrected chi connectivity index (χ1v) is 7.85. The van der Waals surface area contributed by atoms with Crippen LogP contribution in [0.25, 0.3) is 0 Å². The Labute approximate surface area is 131 Å². The summed E-state index contributed by atoms with van der Waals surface area (Å²) in [5.41, 5.74) is 2.60. The van der Waals surface area contributed by atoms with Gasteiger partial charge in [0.15, 0.2) is 6.10 Å². The Bertz CT molecular complexity index is 635. The van der Waals surface area contributed by atoms with Gasteiger partial charge in [-0.25, -0.2) is 0 Å². The summed E-state index contributed by atoms with van der Waals surface area (Å²) in [5, 5.41) is 0. The summed E-state index contributed by atoms with van der Waals surface area (Å²) in [7, 11) is 0. The van der Waals surface area contributed by atoms with Crippen molar-refractivity contribution in [2.24, 2.45) is 0 Å². The molecule has 0 saturated carbocycles. The van der Waals surface area contributed by atoms with E-state index in [0.29, 0.717) is 13.0 Å². The molecule has 1 aliphatic heterocycles. The van der Waals surface area contributed by atoms with Crippen molar-refractivity contribution in [3.8, 4) is 5.75 Å². The lowest BCUT2D eigenvalue weighted by molar-refractivity contribution is -0.139. The second-order valence-corrected chi connectivity index (χ2v) is 5.61. The van der Waals surface area contributed by atoms with Gasteiger partial charge in [0.25, 0.3) is 5.91 Å². The van der Waals surface area contributed by atoms with Gasteiger partial charge in [0.1, 0.15) is 5.75 Å². The molecular weight excluding hydrogens is 274 g/mol. The van der Waals surface area contributed by atoms with Crippen molar-refractivity contribution in [1.29, 1.82) is 0 Å². The van der Waals surface area contributed by atoms with Crippen molar-refractivity contribution in [1.82, 2.24) is 4.90 Å². The van der Waals surface area contributed by atoms with Crippen LogP contribution < -0.4 is 4.74 Å². The van der Waals surface area contributed by atoms with Gasteiger partial charge in [0, 0.05) is 13.1 Å².